The summed E-state index contributed by atoms with van der Waals surface area (Å²) in [6.07, 6.45) is 2.01. The van der Waals surface area contributed by atoms with Gasteiger partial charge in [0.2, 0.25) is 0 Å². The van der Waals surface area contributed by atoms with Crippen LogP contribution >= 0.6 is 11.6 Å². The van der Waals surface area contributed by atoms with Crippen molar-refractivity contribution in [2.45, 2.75) is 6.92 Å². The van der Waals surface area contributed by atoms with Crippen LogP contribution in [0.3, 0.4) is 0 Å². The summed E-state index contributed by atoms with van der Waals surface area (Å²) in [5.74, 6) is 6.43. The van der Waals surface area contributed by atoms with Crippen LogP contribution in [0.2, 0.25) is 5.02 Å². The number of benzene rings is 3. The lowest BCUT2D eigenvalue weighted by atomic mass is 9.97. The van der Waals surface area contributed by atoms with E-state index in [2.05, 4.69) is 11.8 Å². The van der Waals surface area contributed by atoms with Gasteiger partial charge in [-0.25, -0.2) is 4.79 Å². The van der Waals surface area contributed by atoms with Crippen LogP contribution in [-0.2, 0) is 4.79 Å². The van der Waals surface area contributed by atoms with E-state index in [4.69, 9.17) is 31.3 Å². The number of carboxylic acids is 1. The van der Waals surface area contributed by atoms with E-state index in [1.54, 1.807) is 12.1 Å². The highest BCUT2D eigenvalue weighted by atomic mass is 35.5. The number of hydrogen-bond donors (Lipinski definition) is 2. The molecule has 3 rings (SSSR count). The van der Waals surface area contributed by atoms with Crippen molar-refractivity contribution in [1.29, 1.82) is 0 Å². The Balaban J connectivity index is 1.75. The summed E-state index contributed by atoms with van der Waals surface area (Å²) >= 11 is 6.11. The van der Waals surface area contributed by atoms with Gasteiger partial charge in [-0.1, -0.05) is 47.7 Å². The van der Waals surface area contributed by atoms with Gasteiger partial charge in [0, 0.05) is 17.1 Å². The Kier molecular flexibility index (Phi) is 10.6. The standard InChI is InChI=1S/C30H30ClNO5/c1-22-20-27(13-14-29(22)37-21-30(34)35)36-19-15-28(25-9-11-26(31)12-10-25)24-7-5-23(6-8-24)4-3-16-32(2)17-18-33/h5-15,20,33H,16-19,21H2,1-2H3,(H,34,35). The predicted molar refractivity (Wildman–Crippen MR) is 146 cm³/mol. The van der Waals surface area contributed by atoms with Gasteiger partial charge in [0.15, 0.2) is 6.61 Å². The number of aliphatic hydroxyl groups excluding tert-OH is 1. The number of ether oxygens (including phenoxy) is 2. The third-order valence-corrected chi connectivity index (χ3v) is 5.70. The van der Waals surface area contributed by atoms with Gasteiger partial charge < -0.3 is 19.7 Å². The highest BCUT2D eigenvalue weighted by Gasteiger charge is 2.08. The molecular weight excluding hydrogens is 490 g/mol. The Morgan fingerprint density at radius 2 is 1.70 bits per heavy atom. The quantitative estimate of drug-likeness (QED) is 0.351. The zero-order valence-electron chi connectivity index (χ0n) is 20.9. The first kappa shape index (κ1) is 27.8. The first-order chi connectivity index (χ1) is 17.9. The van der Waals surface area contributed by atoms with Crippen molar-refractivity contribution in [2.75, 3.05) is 40.0 Å². The monoisotopic (exact) mass is 519 g/mol. The minimum Gasteiger partial charge on any atom is -0.489 e. The minimum absolute atomic E-state index is 0.114. The zero-order chi connectivity index (χ0) is 26.6. The average molecular weight is 520 g/mol. The molecule has 7 heteroatoms. The number of aliphatic hydroxyl groups is 1. The number of likely N-dealkylation sites (N-methyl/N-ethyl adjacent to an activating group) is 1. The van der Waals surface area contributed by atoms with Crippen molar-refractivity contribution >= 4 is 23.1 Å². The number of aliphatic carboxylic acids is 1. The molecule has 6 nitrogen and oxygen atoms in total. The molecule has 37 heavy (non-hydrogen) atoms. The molecule has 0 saturated heterocycles. The Hall–Kier alpha value is -3.76. The van der Waals surface area contributed by atoms with Crippen LogP contribution in [0.1, 0.15) is 22.3 Å². The maximum atomic E-state index is 10.7. The lowest BCUT2D eigenvalue weighted by Gasteiger charge is -2.12. The Morgan fingerprint density at radius 3 is 2.32 bits per heavy atom. The Bertz CT molecular complexity index is 1270. The fourth-order valence-corrected chi connectivity index (χ4v) is 3.65. The van der Waals surface area contributed by atoms with Gasteiger partial charge >= 0.3 is 5.97 Å². The summed E-state index contributed by atoms with van der Waals surface area (Å²) < 4.78 is 11.2. The van der Waals surface area contributed by atoms with E-state index in [0.717, 1.165) is 27.8 Å². The Labute approximate surface area is 222 Å². The molecule has 3 aromatic carbocycles. The summed E-state index contributed by atoms with van der Waals surface area (Å²) in [4.78, 5) is 12.7. The third-order valence-electron chi connectivity index (χ3n) is 5.45. The van der Waals surface area contributed by atoms with E-state index < -0.39 is 5.97 Å². The van der Waals surface area contributed by atoms with E-state index in [1.165, 1.54) is 0 Å². The molecule has 0 bridgehead atoms. The maximum Gasteiger partial charge on any atom is 0.341 e. The molecule has 2 N–H and O–H groups in total. The van der Waals surface area contributed by atoms with Crippen molar-refractivity contribution in [3.8, 4) is 23.3 Å². The van der Waals surface area contributed by atoms with Gasteiger partial charge in [-0.05, 0) is 84.8 Å². The molecule has 0 aliphatic rings. The van der Waals surface area contributed by atoms with Gasteiger partial charge in [-0.2, -0.15) is 0 Å². The average Bonchev–Trinajstić information content (AvgIpc) is 2.87. The van der Waals surface area contributed by atoms with Crippen molar-refractivity contribution in [1.82, 2.24) is 4.90 Å². The van der Waals surface area contributed by atoms with E-state index in [-0.39, 0.29) is 13.2 Å². The van der Waals surface area contributed by atoms with E-state index in [0.29, 0.717) is 36.2 Å². The van der Waals surface area contributed by atoms with Crippen molar-refractivity contribution in [3.63, 3.8) is 0 Å². The molecule has 0 heterocycles. The van der Waals surface area contributed by atoms with Gasteiger partial charge in [0.05, 0.1) is 13.2 Å². The molecule has 192 valence electrons. The number of halogens is 1. The second-order valence-corrected chi connectivity index (χ2v) is 8.82. The molecule has 0 aliphatic carbocycles. The molecular formula is C30H30ClNO5. The van der Waals surface area contributed by atoms with Crippen LogP contribution in [0.4, 0.5) is 0 Å². The first-order valence-electron chi connectivity index (χ1n) is 11.8. The molecule has 0 fully saturated rings. The molecule has 0 aliphatic heterocycles. The summed E-state index contributed by atoms with van der Waals surface area (Å²) in [6.45, 7) is 3.07. The lowest BCUT2D eigenvalue weighted by molar-refractivity contribution is -0.139. The maximum absolute atomic E-state index is 10.7. The number of carboxylic acid groups (broad SMARTS) is 1. The number of nitrogens with zero attached hydrogens (tertiary/aromatic N) is 1. The van der Waals surface area contributed by atoms with Crippen LogP contribution in [0.15, 0.2) is 72.8 Å². The largest absolute Gasteiger partial charge is 0.489 e. The van der Waals surface area contributed by atoms with E-state index in [1.807, 2.05) is 79.5 Å². The minimum atomic E-state index is -1.02. The molecule has 3 aromatic rings. The number of hydrogen-bond acceptors (Lipinski definition) is 5. The van der Waals surface area contributed by atoms with E-state index >= 15 is 0 Å². The van der Waals surface area contributed by atoms with Gasteiger partial charge in [0.1, 0.15) is 18.1 Å². The second kappa shape index (κ2) is 14.1. The predicted octanol–water partition coefficient (Wildman–Crippen LogP) is 4.90. The lowest BCUT2D eigenvalue weighted by Crippen LogP contribution is -2.22. The Morgan fingerprint density at radius 1 is 1.03 bits per heavy atom. The first-order valence-corrected chi connectivity index (χ1v) is 12.2. The van der Waals surface area contributed by atoms with Crippen LogP contribution in [0.5, 0.6) is 11.5 Å². The van der Waals surface area contributed by atoms with Gasteiger partial charge in [-0.15, -0.1) is 0 Å². The van der Waals surface area contributed by atoms with Crippen molar-refractivity contribution in [2.24, 2.45) is 0 Å². The highest BCUT2D eigenvalue weighted by Crippen LogP contribution is 2.27. The number of rotatable bonds is 11. The molecule has 0 spiro atoms. The molecule has 0 saturated carbocycles. The summed E-state index contributed by atoms with van der Waals surface area (Å²) in [7, 11) is 1.92. The fraction of sp³-hybridized carbons (Fsp3) is 0.233. The molecule has 0 aromatic heterocycles. The summed E-state index contributed by atoms with van der Waals surface area (Å²) in [5.41, 5.74) is 4.72. The SMILES string of the molecule is Cc1cc(OCC=C(c2ccc(Cl)cc2)c2ccc(C#CCN(C)CCO)cc2)ccc1OCC(=O)O. The molecule has 0 radical (unpaired) electrons. The third kappa shape index (κ3) is 9.00. The van der Waals surface area contributed by atoms with E-state index in [9.17, 15) is 4.79 Å². The molecule has 0 amide bonds. The highest BCUT2D eigenvalue weighted by molar-refractivity contribution is 6.30. The summed E-state index contributed by atoms with van der Waals surface area (Å²) in [5, 5.41) is 18.5. The van der Waals surface area contributed by atoms with Crippen LogP contribution < -0.4 is 9.47 Å². The number of carbonyl (C=O) groups is 1. The van der Waals surface area contributed by atoms with Crippen LogP contribution in [0.25, 0.3) is 5.57 Å². The zero-order valence-corrected chi connectivity index (χ0v) is 21.7. The van der Waals surface area contributed by atoms with Gasteiger partial charge in [-0.3, -0.25) is 4.90 Å². The number of aryl methyl sites for hydroxylation is 1. The van der Waals surface area contributed by atoms with Crippen molar-refractivity contribution in [3.05, 3.63) is 100 Å². The summed E-state index contributed by atoms with van der Waals surface area (Å²) in [6, 6.07) is 21.0. The second-order valence-electron chi connectivity index (χ2n) is 8.39. The van der Waals surface area contributed by atoms with Crippen molar-refractivity contribution < 1.29 is 24.5 Å². The normalized spacial score (nSPS) is 11.1. The molecule has 0 unspecified atom stereocenters. The fourth-order valence-electron chi connectivity index (χ4n) is 3.53. The smallest absolute Gasteiger partial charge is 0.341 e. The topological polar surface area (TPSA) is 79.2 Å². The van der Waals surface area contributed by atoms with Crippen LogP contribution in [-0.4, -0.2) is 61.0 Å². The van der Waals surface area contributed by atoms with Gasteiger partial charge in [0.25, 0.3) is 0 Å². The van der Waals surface area contributed by atoms with Crippen LogP contribution in [0, 0.1) is 18.8 Å². The molecule has 0 atom stereocenters.